The van der Waals surface area contributed by atoms with Crippen molar-refractivity contribution < 1.29 is 28.2 Å². The molecule has 18 heavy (non-hydrogen) atoms. The minimum Gasteiger partial charge on any atom is -0.480 e. The van der Waals surface area contributed by atoms with Gasteiger partial charge >= 0.3 is 5.97 Å². The number of hydrogen-bond donors (Lipinski definition) is 2. The van der Waals surface area contributed by atoms with Crippen LogP contribution in [0, 0.1) is 11.6 Å². The highest BCUT2D eigenvalue weighted by molar-refractivity contribution is 5.97. The van der Waals surface area contributed by atoms with Gasteiger partial charge in [0.25, 0.3) is 5.91 Å². The maximum absolute atomic E-state index is 13.3. The summed E-state index contributed by atoms with van der Waals surface area (Å²) in [5.74, 6) is -4.62. The van der Waals surface area contributed by atoms with Crippen LogP contribution in [0.1, 0.15) is 10.4 Å². The molecule has 0 aliphatic heterocycles. The van der Waals surface area contributed by atoms with Gasteiger partial charge in [-0.1, -0.05) is 6.07 Å². The average molecular weight is 259 g/mol. The molecule has 1 aromatic rings. The SMILES string of the molecule is COCC(NC(=O)c1c(F)cccc1F)C(=O)O. The maximum Gasteiger partial charge on any atom is 0.328 e. The molecule has 1 amide bonds. The molecule has 1 aromatic carbocycles. The number of carbonyl (C=O) groups excluding carboxylic acids is 1. The molecule has 2 N–H and O–H groups in total. The number of carboxylic acid groups (broad SMARTS) is 1. The summed E-state index contributed by atoms with van der Waals surface area (Å²) in [5.41, 5.74) is -0.820. The minimum atomic E-state index is -1.37. The van der Waals surface area contributed by atoms with Crippen molar-refractivity contribution in [2.24, 2.45) is 0 Å². The van der Waals surface area contributed by atoms with E-state index in [-0.39, 0.29) is 6.61 Å². The van der Waals surface area contributed by atoms with Crippen molar-refractivity contribution in [3.8, 4) is 0 Å². The number of ether oxygens (including phenoxy) is 1. The average Bonchev–Trinajstić information content (AvgIpc) is 2.28. The minimum absolute atomic E-state index is 0.308. The van der Waals surface area contributed by atoms with Gasteiger partial charge in [-0.15, -0.1) is 0 Å². The molecule has 0 aliphatic rings. The highest BCUT2D eigenvalue weighted by Gasteiger charge is 2.24. The molecular formula is C11H11F2NO4. The monoisotopic (exact) mass is 259 g/mol. The molecule has 7 heteroatoms. The summed E-state index contributed by atoms with van der Waals surface area (Å²) in [6, 6.07) is 1.54. The summed E-state index contributed by atoms with van der Waals surface area (Å²) in [5, 5.41) is 10.7. The fraction of sp³-hybridized carbons (Fsp3) is 0.273. The van der Waals surface area contributed by atoms with Gasteiger partial charge < -0.3 is 15.2 Å². The van der Waals surface area contributed by atoms with Crippen LogP contribution in [0.25, 0.3) is 0 Å². The van der Waals surface area contributed by atoms with Crippen LogP contribution >= 0.6 is 0 Å². The largest absolute Gasteiger partial charge is 0.480 e. The molecule has 1 atom stereocenters. The second kappa shape index (κ2) is 6.06. The van der Waals surface area contributed by atoms with Gasteiger partial charge in [0.2, 0.25) is 0 Å². The fourth-order valence-electron chi connectivity index (χ4n) is 1.29. The Hall–Kier alpha value is -2.02. The van der Waals surface area contributed by atoms with E-state index in [1.807, 2.05) is 5.32 Å². The molecule has 0 fully saturated rings. The van der Waals surface area contributed by atoms with Crippen molar-refractivity contribution in [2.45, 2.75) is 6.04 Å². The van der Waals surface area contributed by atoms with Crippen LogP contribution in [0.15, 0.2) is 18.2 Å². The lowest BCUT2D eigenvalue weighted by Gasteiger charge is -2.13. The molecule has 98 valence electrons. The third-order valence-corrected chi connectivity index (χ3v) is 2.13. The molecule has 1 rings (SSSR count). The Morgan fingerprint density at radius 2 is 1.94 bits per heavy atom. The number of benzene rings is 1. The predicted molar refractivity (Wildman–Crippen MR) is 57.1 cm³/mol. The van der Waals surface area contributed by atoms with Gasteiger partial charge in [0, 0.05) is 7.11 Å². The van der Waals surface area contributed by atoms with Crippen LogP contribution in [0.3, 0.4) is 0 Å². The van der Waals surface area contributed by atoms with E-state index in [0.717, 1.165) is 18.2 Å². The summed E-state index contributed by atoms with van der Waals surface area (Å²) in [7, 11) is 1.24. The molecule has 0 saturated heterocycles. The molecule has 0 spiro atoms. The van der Waals surface area contributed by atoms with Gasteiger partial charge in [0.05, 0.1) is 6.61 Å². The second-order valence-corrected chi connectivity index (χ2v) is 3.42. The molecule has 0 aromatic heterocycles. The molecule has 0 aliphatic carbocycles. The number of methoxy groups -OCH3 is 1. The van der Waals surface area contributed by atoms with Gasteiger partial charge in [-0.2, -0.15) is 0 Å². The predicted octanol–water partition coefficient (Wildman–Crippen LogP) is 0.794. The zero-order valence-electron chi connectivity index (χ0n) is 9.44. The summed E-state index contributed by atoms with van der Waals surface area (Å²) < 4.78 is 31.1. The van der Waals surface area contributed by atoms with Crippen molar-refractivity contribution in [3.63, 3.8) is 0 Å². The summed E-state index contributed by atoms with van der Waals surface area (Å²) >= 11 is 0. The number of nitrogens with one attached hydrogen (secondary N) is 1. The topological polar surface area (TPSA) is 75.6 Å². The zero-order chi connectivity index (χ0) is 13.7. The van der Waals surface area contributed by atoms with Gasteiger partial charge in [0.15, 0.2) is 6.04 Å². The van der Waals surface area contributed by atoms with Crippen molar-refractivity contribution in [1.29, 1.82) is 0 Å². The lowest BCUT2D eigenvalue weighted by Crippen LogP contribution is -2.44. The summed E-state index contributed by atoms with van der Waals surface area (Å²) in [4.78, 5) is 22.3. The number of carbonyl (C=O) groups is 2. The number of hydrogen-bond acceptors (Lipinski definition) is 3. The highest BCUT2D eigenvalue weighted by atomic mass is 19.1. The number of halogens is 2. The maximum atomic E-state index is 13.3. The number of rotatable bonds is 5. The Morgan fingerprint density at radius 1 is 1.39 bits per heavy atom. The Labute approximate surface area is 101 Å². The van der Waals surface area contributed by atoms with Crippen LogP contribution in [0.2, 0.25) is 0 Å². The van der Waals surface area contributed by atoms with Crippen LogP contribution in [0.5, 0.6) is 0 Å². The van der Waals surface area contributed by atoms with E-state index in [4.69, 9.17) is 5.11 Å². The van der Waals surface area contributed by atoms with E-state index in [0.29, 0.717) is 0 Å². The lowest BCUT2D eigenvalue weighted by atomic mass is 10.1. The van der Waals surface area contributed by atoms with Gasteiger partial charge in [0.1, 0.15) is 17.2 Å². The first kappa shape index (κ1) is 14.0. The summed E-state index contributed by atoms with van der Waals surface area (Å²) in [6.07, 6.45) is 0. The van der Waals surface area contributed by atoms with E-state index >= 15 is 0 Å². The number of carboxylic acids is 1. The highest BCUT2D eigenvalue weighted by Crippen LogP contribution is 2.11. The van der Waals surface area contributed by atoms with E-state index in [9.17, 15) is 18.4 Å². The van der Waals surface area contributed by atoms with Crippen LogP contribution in [0.4, 0.5) is 8.78 Å². The van der Waals surface area contributed by atoms with Crippen LogP contribution < -0.4 is 5.32 Å². The first-order valence-electron chi connectivity index (χ1n) is 4.94. The van der Waals surface area contributed by atoms with E-state index < -0.39 is 35.1 Å². The zero-order valence-corrected chi connectivity index (χ0v) is 9.44. The molecule has 0 radical (unpaired) electrons. The van der Waals surface area contributed by atoms with E-state index in [1.54, 1.807) is 0 Å². The van der Waals surface area contributed by atoms with Crippen LogP contribution in [-0.4, -0.2) is 36.7 Å². The Morgan fingerprint density at radius 3 is 2.39 bits per heavy atom. The van der Waals surface area contributed by atoms with Gasteiger partial charge in [-0.05, 0) is 12.1 Å². The molecule has 5 nitrogen and oxygen atoms in total. The smallest absolute Gasteiger partial charge is 0.328 e. The molecule has 0 heterocycles. The first-order chi connectivity index (χ1) is 8.47. The number of aliphatic carboxylic acids is 1. The summed E-state index contributed by atoms with van der Waals surface area (Å²) in [6.45, 7) is -0.308. The van der Waals surface area contributed by atoms with Crippen LogP contribution in [-0.2, 0) is 9.53 Å². The molecule has 0 bridgehead atoms. The van der Waals surface area contributed by atoms with Crippen molar-refractivity contribution >= 4 is 11.9 Å². The molecular weight excluding hydrogens is 248 g/mol. The molecule has 0 saturated carbocycles. The van der Waals surface area contributed by atoms with Gasteiger partial charge in [-0.25, -0.2) is 13.6 Å². The third-order valence-electron chi connectivity index (χ3n) is 2.13. The van der Waals surface area contributed by atoms with E-state index in [2.05, 4.69) is 4.74 Å². The first-order valence-corrected chi connectivity index (χ1v) is 4.94. The lowest BCUT2D eigenvalue weighted by molar-refractivity contribution is -0.140. The Bertz CT molecular complexity index is 444. The Balaban J connectivity index is 2.90. The third kappa shape index (κ3) is 3.24. The molecule has 1 unspecified atom stereocenters. The Kier molecular flexibility index (Phi) is 4.73. The fourth-order valence-corrected chi connectivity index (χ4v) is 1.29. The van der Waals surface area contributed by atoms with Crippen molar-refractivity contribution in [3.05, 3.63) is 35.4 Å². The quantitative estimate of drug-likeness (QED) is 0.819. The standard InChI is InChI=1S/C11H11F2NO4/c1-18-5-8(11(16)17)14-10(15)9-6(12)3-2-4-7(9)13/h2-4,8H,5H2,1H3,(H,14,15)(H,16,17). The number of amides is 1. The van der Waals surface area contributed by atoms with Crippen molar-refractivity contribution in [1.82, 2.24) is 5.32 Å². The van der Waals surface area contributed by atoms with E-state index in [1.165, 1.54) is 7.11 Å². The van der Waals surface area contributed by atoms with Crippen molar-refractivity contribution in [2.75, 3.05) is 13.7 Å². The van der Waals surface area contributed by atoms with Gasteiger partial charge in [-0.3, -0.25) is 4.79 Å². The second-order valence-electron chi connectivity index (χ2n) is 3.42. The normalized spacial score (nSPS) is 11.9.